The second kappa shape index (κ2) is 12.6. The van der Waals surface area contributed by atoms with E-state index in [0.29, 0.717) is 23.7 Å². The zero-order valence-corrected chi connectivity index (χ0v) is 26.9. The fourth-order valence-corrected chi connectivity index (χ4v) is 5.97. The van der Waals surface area contributed by atoms with Crippen LogP contribution in [0.2, 0.25) is 0 Å². The third-order valence-electron chi connectivity index (χ3n) is 9.86. The maximum absolute atomic E-state index is 5.78. The molecule has 0 saturated carbocycles. The maximum atomic E-state index is 5.78. The number of aromatic nitrogens is 2. The molecule has 6 heteroatoms. The SMILES string of the molecule is CC(C)c1ccc([C@H]2CCOC2)c(C(C)(C)N(C)CCC(C)c2ccc([C@@H]3CCOC3)c(C(C)(C)N(C)C)n2)n1. The monoisotopic (exact) mass is 550 g/mol. The second-order valence-corrected chi connectivity index (χ2v) is 13.7. The van der Waals surface area contributed by atoms with Crippen LogP contribution in [0.5, 0.6) is 0 Å². The highest BCUT2D eigenvalue weighted by Gasteiger charge is 2.35. The van der Waals surface area contributed by atoms with Crippen molar-refractivity contribution in [3.63, 3.8) is 0 Å². The van der Waals surface area contributed by atoms with Crippen molar-refractivity contribution in [2.45, 2.75) is 102 Å². The summed E-state index contributed by atoms with van der Waals surface area (Å²) in [5, 5.41) is 0. The van der Waals surface area contributed by atoms with Gasteiger partial charge in [-0.1, -0.05) is 32.9 Å². The molecule has 222 valence electrons. The molecule has 2 aliphatic rings. The van der Waals surface area contributed by atoms with Gasteiger partial charge in [-0.05, 0) is 110 Å². The van der Waals surface area contributed by atoms with Crippen LogP contribution in [-0.4, -0.2) is 73.9 Å². The standard InChI is InChI=1S/C34H54N4O2/c1-23(2)29-13-11-28(26-17-20-40-22-26)32(35-29)34(6,7)38(10)18-15-24(3)30-14-12-27(25-16-19-39-21-25)31(36-30)33(4,5)37(8)9/h11-14,23-26H,15-22H2,1-10H3/t24?,25-,26+/m1/s1. The van der Waals surface area contributed by atoms with Crippen LogP contribution in [-0.2, 0) is 20.6 Å². The molecule has 4 rings (SSSR count). The van der Waals surface area contributed by atoms with E-state index in [1.165, 1.54) is 33.9 Å². The molecule has 2 aromatic rings. The zero-order chi connectivity index (χ0) is 29.2. The summed E-state index contributed by atoms with van der Waals surface area (Å²) in [5.41, 5.74) is 7.12. The lowest BCUT2D eigenvalue weighted by Gasteiger charge is -2.38. The zero-order valence-electron chi connectivity index (χ0n) is 26.9. The highest BCUT2D eigenvalue weighted by Crippen LogP contribution is 2.38. The molecule has 4 heterocycles. The highest BCUT2D eigenvalue weighted by atomic mass is 16.5. The van der Waals surface area contributed by atoms with E-state index in [9.17, 15) is 0 Å². The van der Waals surface area contributed by atoms with Crippen molar-refractivity contribution in [1.82, 2.24) is 19.8 Å². The lowest BCUT2D eigenvalue weighted by atomic mass is 9.85. The summed E-state index contributed by atoms with van der Waals surface area (Å²) < 4.78 is 11.5. The van der Waals surface area contributed by atoms with Crippen molar-refractivity contribution in [1.29, 1.82) is 0 Å². The molecular weight excluding hydrogens is 496 g/mol. The van der Waals surface area contributed by atoms with Gasteiger partial charge < -0.3 is 9.47 Å². The molecule has 6 nitrogen and oxygen atoms in total. The summed E-state index contributed by atoms with van der Waals surface area (Å²) in [4.78, 5) is 15.4. The van der Waals surface area contributed by atoms with Gasteiger partial charge >= 0.3 is 0 Å². The fraction of sp³-hybridized carbons (Fsp3) is 0.706. The van der Waals surface area contributed by atoms with Gasteiger partial charge in [0.05, 0.1) is 35.7 Å². The molecule has 0 spiro atoms. The van der Waals surface area contributed by atoms with Gasteiger partial charge in [0, 0.05) is 36.4 Å². The van der Waals surface area contributed by atoms with Crippen molar-refractivity contribution in [3.05, 3.63) is 58.2 Å². The molecule has 0 aromatic carbocycles. The molecule has 2 saturated heterocycles. The van der Waals surface area contributed by atoms with Crippen LogP contribution in [0.1, 0.15) is 125 Å². The topological polar surface area (TPSA) is 50.7 Å². The van der Waals surface area contributed by atoms with E-state index in [2.05, 4.69) is 104 Å². The molecule has 0 bridgehead atoms. The predicted octanol–water partition coefficient (Wildman–Crippen LogP) is 6.77. The summed E-state index contributed by atoms with van der Waals surface area (Å²) in [6.07, 6.45) is 3.19. The van der Waals surface area contributed by atoms with E-state index in [0.717, 1.165) is 52.2 Å². The minimum absolute atomic E-state index is 0.153. The molecule has 3 atom stereocenters. The average molecular weight is 551 g/mol. The van der Waals surface area contributed by atoms with E-state index < -0.39 is 0 Å². The third-order valence-corrected chi connectivity index (χ3v) is 9.86. The van der Waals surface area contributed by atoms with E-state index in [1.54, 1.807) is 0 Å². The number of hydrogen-bond acceptors (Lipinski definition) is 6. The van der Waals surface area contributed by atoms with Crippen LogP contribution in [0.25, 0.3) is 0 Å². The van der Waals surface area contributed by atoms with Gasteiger partial charge in [-0.2, -0.15) is 0 Å². The Morgan fingerprint density at radius 3 is 1.75 bits per heavy atom. The van der Waals surface area contributed by atoms with Crippen molar-refractivity contribution < 1.29 is 9.47 Å². The lowest BCUT2D eigenvalue weighted by Crippen LogP contribution is -2.41. The van der Waals surface area contributed by atoms with E-state index >= 15 is 0 Å². The van der Waals surface area contributed by atoms with Crippen LogP contribution in [0.4, 0.5) is 0 Å². The van der Waals surface area contributed by atoms with Gasteiger partial charge in [-0.15, -0.1) is 0 Å². The molecule has 1 unspecified atom stereocenters. The second-order valence-electron chi connectivity index (χ2n) is 13.7. The first-order valence-corrected chi connectivity index (χ1v) is 15.4. The van der Waals surface area contributed by atoms with E-state index in [4.69, 9.17) is 19.4 Å². The van der Waals surface area contributed by atoms with Crippen molar-refractivity contribution >= 4 is 0 Å². The molecule has 0 N–H and O–H groups in total. The van der Waals surface area contributed by atoms with Crippen LogP contribution >= 0.6 is 0 Å². The van der Waals surface area contributed by atoms with Crippen LogP contribution in [0.3, 0.4) is 0 Å². The molecular formula is C34H54N4O2. The lowest BCUT2D eigenvalue weighted by molar-refractivity contribution is 0.144. The number of hydrogen-bond donors (Lipinski definition) is 0. The first-order valence-electron chi connectivity index (χ1n) is 15.4. The number of nitrogens with zero attached hydrogens (tertiary/aromatic N) is 4. The quantitative estimate of drug-likeness (QED) is 0.308. The van der Waals surface area contributed by atoms with Gasteiger partial charge in [0.25, 0.3) is 0 Å². The number of pyridine rings is 2. The Kier molecular flexibility index (Phi) is 9.76. The Morgan fingerprint density at radius 2 is 1.27 bits per heavy atom. The highest BCUT2D eigenvalue weighted by molar-refractivity contribution is 5.34. The van der Waals surface area contributed by atoms with Gasteiger partial charge in [0.2, 0.25) is 0 Å². The first-order chi connectivity index (χ1) is 18.8. The normalized spacial score (nSPS) is 21.2. The molecule has 0 amide bonds. The van der Waals surface area contributed by atoms with Crippen molar-refractivity contribution in [3.8, 4) is 0 Å². The van der Waals surface area contributed by atoms with Crippen molar-refractivity contribution in [2.75, 3.05) is 54.1 Å². The Bertz CT molecular complexity index is 1130. The largest absolute Gasteiger partial charge is 0.381 e. The molecule has 2 aliphatic heterocycles. The van der Waals surface area contributed by atoms with Crippen LogP contribution in [0, 0.1) is 0 Å². The third kappa shape index (κ3) is 6.46. The Morgan fingerprint density at radius 1 is 0.775 bits per heavy atom. The summed E-state index contributed by atoms with van der Waals surface area (Å²) in [7, 11) is 6.55. The van der Waals surface area contributed by atoms with E-state index in [1.807, 2.05) is 0 Å². The minimum Gasteiger partial charge on any atom is -0.381 e. The Labute approximate surface area is 243 Å². The molecule has 0 radical (unpaired) electrons. The Balaban J connectivity index is 1.55. The maximum Gasteiger partial charge on any atom is 0.0640 e. The van der Waals surface area contributed by atoms with Gasteiger partial charge in [0.1, 0.15) is 0 Å². The predicted molar refractivity (Wildman–Crippen MR) is 164 cm³/mol. The van der Waals surface area contributed by atoms with Gasteiger partial charge in [0.15, 0.2) is 0 Å². The number of rotatable bonds is 11. The summed E-state index contributed by atoms with van der Waals surface area (Å²) >= 11 is 0. The molecule has 2 fully saturated rings. The minimum atomic E-state index is -0.194. The molecule has 2 aromatic heterocycles. The number of ether oxygens (including phenoxy) is 2. The smallest absolute Gasteiger partial charge is 0.0640 e. The van der Waals surface area contributed by atoms with Crippen LogP contribution < -0.4 is 0 Å². The Hall–Kier alpha value is -1.86. The summed E-state index contributed by atoms with van der Waals surface area (Å²) in [6, 6.07) is 9.15. The van der Waals surface area contributed by atoms with Gasteiger partial charge in [-0.25, -0.2) is 0 Å². The van der Waals surface area contributed by atoms with Crippen molar-refractivity contribution in [2.24, 2.45) is 0 Å². The summed E-state index contributed by atoms with van der Waals surface area (Å²) in [5.74, 6) is 1.62. The molecule has 0 aliphatic carbocycles. The van der Waals surface area contributed by atoms with Gasteiger partial charge in [-0.3, -0.25) is 19.8 Å². The summed E-state index contributed by atoms with van der Waals surface area (Å²) in [6.45, 7) is 20.3. The first kappa shape index (κ1) is 31.1. The van der Waals surface area contributed by atoms with E-state index in [-0.39, 0.29) is 11.1 Å². The fourth-order valence-electron chi connectivity index (χ4n) is 5.97. The molecule has 40 heavy (non-hydrogen) atoms. The van der Waals surface area contributed by atoms with Crippen LogP contribution in [0.15, 0.2) is 24.3 Å². The average Bonchev–Trinajstić information content (AvgIpc) is 3.65.